The van der Waals surface area contributed by atoms with E-state index in [1.165, 1.54) is 0 Å². The Kier molecular flexibility index (Phi) is 3.27. The minimum absolute atomic E-state index is 0.276. The zero-order chi connectivity index (χ0) is 13.3. The first-order chi connectivity index (χ1) is 8.54. The van der Waals surface area contributed by atoms with Gasteiger partial charge in [0.15, 0.2) is 0 Å². The lowest BCUT2D eigenvalue weighted by molar-refractivity contribution is 0.715. The molecule has 0 bridgehead atoms. The Balaban J connectivity index is 2.66. The SMILES string of the molecule is CNc1nc(C(C)C)nc(-c2cnnn2C)c1C. The highest BCUT2D eigenvalue weighted by Gasteiger charge is 2.16. The molecule has 2 aromatic rings. The monoisotopic (exact) mass is 246 g/mol. The van der Waals surface area contributed by atoms with E-state index in [4.69, 9.17) is 0 Å². The molecule has 0 saturated carbocycles. The van der Waals surface area contributed by atoms with Gasteiger partial charge in [0.05, 0.1) is 11.9 Å². The van der Waals surface area contributed by atoms with Crippen molar-refractivity contribution < 1.29 is 0 Å². The molecular formula is C12H18N6. The molecule has 0 unspecified atom stereocenters. The molecule has 0 aliphatic rings. The fourth-order valence-electron chi connectivity index (χ4n) is 1.79. The molecule has 2 aromatic heterocycles. The van der Waals surface area contributed by atoms with E-state index >= 15 is 0 Å². The topological polar surface area (TPSA) is 68.5 Å². The number of aromatic nitrogens is 5. The van der Waals surface area contributed by atoms with Gasteiger partial charge in [-0.3, -0.25) is 0 Å². The summed E-state index contributed by atoms with van der Waals surface area (Å²) in [7, 11) is 3.72. The van der Waals surface area contributed by atoms with Crippen LogP contribution in [0.25, 0.3) is 11.4 Å². The van der Waals surface area contributed by atoms with Crippen LogP contribution in [0.5, 0.6) is 0 Å². The fraction of sp³-hybridized carbons (Fsp3) is 0.500. The summed E-state index contributed by atoms with van der Waals surface area (Å²) in [5, 5.41) is 11.0. The highest BCUT2D eigenvalue weighted by atomic mass is 15.4. The van der Waals surface area contributed by atoms with E-state index in [9.17, 15) is 0 Å². The van der Waals surface area contributed by atoms with Gasteiger partial charge in [0.1, 0.15) is 17.3 Å². The largest absolute Gasteiger partial charge is 0.373 e. The van der Waals surface area contributed by atoms with Gasteiger partial charge in [0.25, 0.3) is 0 Å². The van der Waals surface area contributed by atoms with Crippen LogP contribution < -0.4 is 5.32 Å². The number of nitrogens with one attached hydrogen (secondary N) is 1. The quantitative estimate of drug-likeness (QED) is 0.893. The zero-order valence-corrected chi connectivity index (χ0v) is 11.4. The lowest BCUT2D eigenvalue weighted by Crippen LogP contribution is -2.08. The second-order valence-corrected chi connectivity index (χ2v) is 4.55. The van der Waals surface area contributed by atoms with Crippen molar-refractivity contribution in [2.24, 2.45) is 7.05 Å². The van der Waals surface area contributed by atoms with Crippen molar-refractivity contribution in [2.45, 2.75) is 26.7 Å². The first-order valence-corrected chi connectivity index (χ1v) is 5.96. The third kappa shape index (κ3) is 2.05. The first kappa shape index (κ1) is 12.5. The van der Waals surface area contributed by atoms with Gasteiger partial charge in [-0.15, -0.1) is 5.10 Å². The minimum Gasteiger partial charge on any atom is -0.373 e. The standard InChI is InChI=1S/C12H18N6/c1-7(2)11-15-10(8(3)12(13-4)16-11)9-6-14-17-18(9)5/h6-7H,1-5H3,(H,13,15,16). The molecule has 0 aliphatic carbocycles. The predicted molar refractivity (Wildman–Crippen MR) is 70.4 cm³/mol. The van der Waals surface area contributed by atoms with E-state index in [1.807, 2.05) is 21.0 Å². The summed E-state index contributed by atoms with van der Waals surface area (Å²) in [6.07, 6.45) is 1.72. The zero-order valence-electron chi connectivity index (χ0n) is 11.4. The number of nitrogens with zero attached hydrogens (tertiary/aromatic N) is 5. The van der Waals surface area contributed by atoms with Gasteiger partial charge in [-0.2, -0.15) is 0 Å². The van der Waals surface area contributed by atoms with E-state index in [0.717, 1.165) is 28.6 Å². The Labute approximate surface area is 106 Å². The molecular weight excluding hydrogens is 228 g/mol. The first-order valence-electron chi connectivity index (χ1n) is 5.96. The van der Waals surface area contributed by atoms with Crippen molar-refractivity contribution in [3.05, 3.63) is 17.6 Å². The minimum atomic E-state index is 0.276. The molecule has 0 amide bonds. The fourth-order valence-corrected chi connectivity index (χ4v) is 1.79. The normalized spacial score (nSPS) is 11.0. The molecule has 6 heteroatoms. The molecule has 0 saturated heterocycles. The van der Waals surface area contributed by atoms with E-state index in [2.05, 4.69) is 39.4 Å². The van der Waals surface area contributed by atoms with Crippen LogP contribution in [0.3, 0.4) is 0 Å². The summed E-state index contributed by atoms with van der Waals surface area (Å²) >= 11 is 0. The number of hydrogen-bond acceptors (Lipinski definition) is 5. The van der Waals surface area contributed by atoms with Gasteiger partial charge in [-0.05, 0) is 6.92 Å². The summed E-state index contributed by atoms with van der Waals surface area (Å²) in [5.41, 5.74) is 2.78. The second-order valence-electron chi connectivity index (χ2n) is 4.55. The number of hydrogen-bond donors (Lipinski definition) is 1. The van der Waals surface area contributed by atoms with Crippen LogP contribution in [0.1, 0.15) is 31.2 Å². The van der Waals surface area contributed by atoms with E-state index in [0.29, 0.717) is 0 Å². The van der Waals surface area contributed by atoms with Crippen LogP contribution in [0.2, 0.25) is 0 Å². The summed E-state index contributed by atoms with van der Waals surface area (Å²) in [5.74, 6) is 1.95. The van der Waals surface area contributed by atoms with Crippen LogP contribution in [0, 0.1) is 6.92 Å². The molecule has 0 radical (unpaired) electrons. The van der Waals surface area contributed by atoms with Crippen LogP contribution in [0.15, 0.2) is 6.20 Å². The Bertz CT molecular complexity index is 558. The molecule has 0 aromatic carbocycles. The smallest absolute Gasteiger partial charge is 0.134 e. The maximum Gasteiger partial charge on any atom is 0.134 e. The molecule has 1 N–H and O–H groups in total. The van der Waals surface area contributed by atoms with Crippen LogP contribution in [-0.2, 0) is 7.05 Å². The van der Waals surface area contributed by atoms with Crippen molar-refractivity contribution in [2.75, 3.05) is 12.4 Å². The number of anilines is 1. The van der Waals surface area contributed by atoms with Crippen molar-refractivity contribution in [3.8, 4) is 11.4 Å². The Morgan fingerprint density at radius 3 is 2.50 bits per heavy atom. The summed E-state index contributed by atoms with van der Waals surface area (Å²) in [6, 6.07) is 0. The molecule has 18 heavy (non-hydrogen) atoms. The lowest BCUT2D eigenvalue weighted by atomic mass is 10.1. The molecule has 0 aliphatic heterocycles. The van der Waals surface area contributed by atoms with E-state index < -0.39 is 0 Å². The highest BCUT2D eigenvalue weighted by molar-refractivity contribution is 5.64. The second kappa shape index (κ2) is 4.72. The summed E-state index contributed by atoms with van der Waals surface area (Å²) in [4.78, 5) is 9.15. The van der Waals surface area contributed by atoms with Crippen molar-refractivity contribution in [3.63, 3.8) is 0 Å². The molecule has 0 atom stereocenters. The Morgan fingerprint density at radius 2 is 2.00 bits per heavy atom. The van der Waals surface area contributed by atoms with Crippen molar-refractivity contribution in [1.29, 1.82) is 0 Å². The number of aryl methyl sites for hydroxylation is 1. The molecule has 0 fully saturated rings. The van der Waals surface area contributed by atoms with Crippen molar-refractivity contribution >= 4 is 5.82 Å². The maximum absolute atomic E-state index is 4.63. The molecule has 0 spiro atoms. The van der Waals surface area contributed by atoms with Gasteiger partial charge in [-0.1, -0.05) is 19.1 Å². The molecule has 2 heterocycles. The van der Waals surface area contributed by atoms with Gasteiger partial charge in [-0.25, -0.2) is 14.6 Å². The molecule has 96 valence electrons. The Morgan fingerprint density at radius 1 is 1.28 bits per heavy atom. The van der Waals surface area contributed by atoms with Gasteiger partial charge >= 0.3 is 0 Å². The van der Waals surface area contributed by atoms with Crippen LogP contribution in [-0.4, -0.2) is 32.0 Å². The molecule has 6 nitrogen and oxygen atoms in total. The third-order valence-corrected chi connectivity index (χ3v) is 2.87. The average Bonchev–Trinajstić information content (AvgIpc) is 2.75. The van der Waals surface area contributed by atoms with Gasteiger partial charge in [0, 0.05) is 25.6 Å². The predicted octanol–water partition coefficient (Wildman–Crippen LogP) is 1.75. The third-order valence-electron chi connectivity index (χ3n) is 2.87. The van der Waals surface area contributed by atoms with E-state index in [1.54, 1.807) is 10.9 Å². The van der Waals surface area contributed by atoms with Crippen LogP contribution >= 0.6 is 0 Å². The average molecular weight is 246 g/mol. The highest BCUT2D eigenvalue weighted by Crippen LogP contribution is 2.26. The lowest BCUT2D eigenvalue weighted by Gasteiger charge is -2.13. The maximum atomic E-state index is 4.63. The number of rotatable bonds is 3. The van der Waals surface area contributed by atoms with E-state index in [-0.39, 0.29) is 5.92 Å². The molecule has 2 rings (SSSR count). The summed E-state index contributed by atoms with van der Waals surface area (Å²) in [6.45, 7) is 6.16. The van der Waals surface area contributed by atoms with Gasteiger partial charge < -0.3 is 5.32 Å². The van der Waals surface area contributed by atoms with Gasteiger partial charge in [0.2, 0.25) is 0 Å². The summed E-state index contributed by atoms with van der Waals surface area (Å²) < 4.78 is 1.72. The van der Waals surface area contributed by atoms with Crippen LogP contribution in [0.4, 0.5) is 5.82 Å². The Hall–Kier alpha value is -1.98. The van der Waals surface area contributed by atoms with Crippen molar-refractivity contribution in [1.82, 2.24) is 25.0 Å².